The SMILES string of the molecule is O=[N+]([O-])c1ccc(-c2cc[c-]cc2)cc1.[Br-].[Mg+2]. The van der Waals surface area contributed by atoms with Gasteiger partial charge in [-0.3, -0.25) is 10.1 Å². The maximum Gasteiger partial charge on any atom is 2.00 e. The van der Waals surface area contributed by atoms with Gasteiger partial charge in [-0.05, 0) is 17.7 Å². The molecule has 0 atom stereocenters. The summed E-state index contributed by atoms with van der Waals surface area (Å²) < 4.78 is 0. The summed E-state index contributed by atoms with van der Waals surface area (Å²) >= 11 is 0. The van der Waals surface area contributed by atoms with Crippen molar-refractivity contribution in [3.63, 3.8) is 0 Å². The van der Waals surface area contributed by atoms with Crippen molar-refractivity contribution in [1.29, 1.82) is 0 Å². The van der Waals surface area contributed by atoms with Crippen molar-refractivity contribution in [3.8, 4) is 11.1 Å². The van der Waals surface area contributed by atoms with Crippen LogP contribution in [0.15, 0.2) is 48.5 Å². The number of non-ortho nitro benzene ring substituents is 1. The minimum Gasteiger partial charge on any atom is -1.00 e. The Morgan fingerprint density at radius 3 is 1.88 bits per heavy atom. The third kappa shape index (κ3) is 4.11. The second-order valence-corrected chi connectivity index (χ2v) is 3.09. The van der Waals surface area contributed by atoms with Crippen molar-refractivity contribution in [1.82, 2.24) is 0 Å². The molecule has 0 saturated carbocycles. The fourth-order valence-electron chi connectivity index (χ4n) is 1.35. The van der Waals surface area contributed by atoms with Crippen LogP contribution in [0.2, 0.25) is 0 Å². The van der Waals surface area contributed by atoms with Gasteiger partial charge in [-0.15, -0.1) is 5.56 Å². The van der Waals surface area contributed by atoms with Gasteiger partial charge in [0.05, 0.1) is 4.92 Å². The van der Waals surface area contributed by atoms with Crippen molar-refractivity contribution in [3.05, 3.63) is 64.7 Å². The topological polar surface area (TPSA) is 43.1 Å². The van der Waals surface area contributed by atoms with Crippen molar-refractivity contribution >= 4 is 28.7 Å². The predicted octanol–water partition coefficient (Wildman–Crippen LogP) is -0.315. The van der Waals surface area contributed by atoms with Crippen molar-refractivity contribution in [2.75, 3.05) is 0 Å². The first-order chi connectivity index (χ1) is 7.27. The maximum absolute atomic E-state index is 10.4. The molecule has 0 aliphatic heterocycles. The maximum atomic E-state index is 10.4. The smallest absolute Gasteiger partial charge is 1.00 e. The van der Waals surface area contributed by atoms with Crippen LogP contribution in [0, 0.1) is 16.2 Å². The molecule has 0 radical (unpaired) electrons. The normalized spacial score (nSPS) is 8.71. The standard InChI is InChI=1S/C12H8NO2.BrH.Mg/c14-13(15)12-8-6-11(7-9-12)10-4-2-1-3-5-10;;/h2-9H;1H;/q-1;;+2/p-1. The molecule has 0 amide bonds. The van der Waals surface area contributed by atoms with Crippen molar-refractivity contribution in [2.24, 2.45) is 0 Å². The summed E-state index contributed by atoms with van der Waals surface area (Å²) in [5, 5.41) is 10.4. The third-order valence-corrected chi connectivity index (χ3v) is 2.13. The van der Waals surface area contributed by atoms with Crippen LogP contribution in [0.5, 0.6) is 0 Å². The predicted molar refractivity (Wildman–Crippen MR) is 63.1 cm³/mol. The van der Waals surface area contributed by atoms with E-state index < -0.39 is 4.92 Å². The fraction of sp³-hybridized carbons (Fsp3) is 0. The molecule has 0 fully saturated rings. The Bertz CT molecular complexity index is 474. The van der Waals surface area contributed by atoms with Crippen molar-refractivity contribution < 1.29 is 21.9 Å². The largest absolute Gasteiger partial charge is 2.00 e. The van der Waals surface area contributed by atoms with Gasteiger partial charge in [-0.2, -0.15) is 30.3 Å². The number of hydrogen-bond donors (Lipinski definition) is 0. The summed E-state index contributed by atoms with van der Waals surface area (Å²) in [6, 6.07) is 16.9. The van der Waals surface area contributed by atoms with E-state index in [4.69, 9.17) is 0 Å². The zero-order valence-corrected chi connectivity index (χ0v) is 12.0. The Morgan fingerprint density at radius 2 is 1.41 bits per heavy atom. The molecule has 0 spiro atoms. The average molecular weight is 302 g/mol. The second-order valence-electron chi connectivity index (χ2n) is 3.09. The summed E-state index contributed by atoms with van der Waals surface area (Å²) in [7, 11) is 0. The molecule has 2 aromatic carbocycles. The van der Waals surface area contributed by atoms with Gasteiger partial charge in [-0.1, -0.05) is 0 Å². The monoisotopic (exact) mass is 301 g/mol. The molecule has 2 aromatic rings. The van der Waals surface area contributed by atoms with Crippen LogP contribution in [0.25, 0.3) is 11.1 Å². The van der Waals surface area contributed by atoms with E-state index in [9.17, 15) is 10.1 Å². The number of nitro benzene ring substituents is 1. The van der Waals surface area contributed by atoms with Crippen LogP contribution in [-0.4, -0.2) is 28.0 Å². The Morgan fingerprint density at radius 1 is 0.941 bits per heavy atom. The van der Waals surface area contributed by atoms with E-state index in [0.717, 1.165) is 11.1 Å². The van der Waals surface area contributed by atoms with Gasteiger partial charge in [0.1, 0.15) is 0 Å². The number of rotatable bonds is 2. The van der Waals surface area contributed by atoms with Crippen LogP contribution in [0.1, 0.15) is 0 Å². The Balaban J connectivity index is 0.00000128. The molecule has 17 heavy (non-hydrogen) atoms. The van der Waals surface area contributed by atoms with Crippen LogP contribution < -0.4 is 17.0 Å². The molecule has 3 nitrogen and oxygen atoms in total. The first-order valence-electron chi connectivity index (χ1n) is 4.48. The van der Waals surface area contributed by atoms with Gasteiger partial charge in [0.2, 0.25) is 0 Å². The molecular weight excluding hydrogens is 294 g/mol. The number of halogens is 1. The molecule has 5 heteroatoms. The quantitative estimate of drug-likeness (QED) is 0.330. The Hall–Kier alpha value is -0.914. The van der Waals surface area contributed by atoms with E-state index in [1.807, 2.05) is 24.3 Å². The molecule has 0 unspecified atom stereocenters. The fourth-order valence-corrected chi connectivity index (χ4v) is 1.35. The van der Waals surface area contributed by atoms with Gasteiger partial charge < -0.3 is 17.0 Å². The van der Waals surface area contributed by atoms with Gasteiger partial charge in [0.25, 0.3) is 5.69 Å². The van der Waals surface area contributed by atoms with Crippen molar-refractivity contribution in [2.45, 2.75) is 0 Å². The number of nitro groups is 1. The van der Waals surface area contributed by atoms with Crippen LogP contribution in [-0.2, 0) is 0 Å². The Labute approximate surface area is 126 Å². The van der Waals surface area contributed by atoms with Crippen LogP contribution in [0.3, 0.4) is 0 Å². The number of nitrogens with zero attached hydrogens (tertiary/aromatic N) is 1. The number of benzene rings is 2. The summed E-state index contributed by atoms with van der Waals surface area (Å²) in [5.74, 6) is 0. The van der Waals surface area contributed by atoms with Gasteiger partial charge >= 0.3 is 23.1 Å². The van der Waals surface area contributed by atoms with E-state index in [1.54, 1.807) is 12.1 Å². The minimum absolute atomic E-state index is 0. The minimum atomic E-state index is -0.400. The summed E-state index contributed by atoms with van der Waals surface area (Å²) in [6.45, 7) is 0. The van der Waals surface area contributed by atoms with E-state index in [2.05, 4.69) is 6.07 Å². The molecule has 0 aliphatic carbocycles. The van der Waals surface area contributed by atoms with E-state index in [-0.39, 0.29) is 45.7 Å². The zero-order chi connectivity index (χ0) is 10.7. The van der Waals surface area contributed by atoms with Crippen LogP contribution >= 0.6 is 0 Å². The van der Waals surface area contributed by atoms with Gasteiger partial charge in [0.15, 0.2) is 0 Å². The molecule has 0 N–H and O–H groups in total. The van der Waals surface area contributed by atoms with Gasteiger partial charge in [0, 0.05) is 12.1 Å². The van der Waals surface area contributed by atoms with E-state index in [0.29, 0.717) is 0 Å². The molecule has 0 bridgehead atoms. The molecule has 0 saturated heterocycles. The summed E-state index contributed by atoms with van der Waals surface area (Å²) in [5.41, 5.74) is 2.11. The Kier molecular flexibility index (Phi) is 7.02. The van der Waals surface area contributed by atoms with E-state index >= 15 is 0 Å². The van der Waals surface area contributed by atoms with Gasteiger partial charge in [-0.25, -0.2) is 0 Å². The third-order valence-electron chi connectivity index (χ3n) is 2.13. The molecule has 82 valence electrons. The first kappa shape index (κ1) is 16.1. The molecule has 2 rings (SSSR count). The number of hydrogen-bond acceptors (Lipinski definition) is 2. The summed E-state index contributed by atoms with van der Waals surface area (Å²) in [6.07, 6.45) is 0. The zero-order valence-electron chi connectivity index (χ0n) is 8.97. The van der Waals surface area contributed by atoms with Crippen LogP contribution in [0.4, 0.5) is 5.69 Å². The summed E-state index contributed by atoms with van der Waals surface area (Å²) in [4.78, 5) is 10.0. The average Bonchev–Trinajstić information content (AvgIpc) is 2.30. The molecule has 0 heterocycles. The molecular formula is C12H8BrMgNO2. The first-order valence-corrected chi connectivity index (χ1v) is 4.48. The molecule has 0 aromatic heterocycles. The van der Waals surface area contributed by atoms with E-state index in [1.165, 1.54) is 12.1 Å². The molecule has 0 aliphatic rings. The second kappa shape index (κ2) is 7.42.